The Labute approximate surface area is 131 Å². The summed E-state index contributed by atoms with van der Waals surface area (Å²) in [5.41, 5.74) is 1.06. The van der Waals surface area contributed by atoms with Crippen molar-refractivity contribution < 1.29 is 14.6 Å². The lowest BCUT2D eigenvalue weighted by molar-refractivity contribution is 0.0821. The zero-order valence-electron chi connectivity index (χ0n) is 13.3. The van der Waals surface area contributed by atoms with E-state index in [2.05, 4.69) is 0 Å². The molecule has 22 heavy (non-hydrogen) atoms. The lowest BCUT2D eigenvalue weighted by Crippen LogP contribution is -2.30. The van der Waals surface area contributed by atoms with Crippen LogP contribution in [-0.4, -0.2) is 43.4 Å². The molecule has 2 rings (SSSR count). The molecule has 118 valence electrons. The summed E-state index contributed by atoms with van der Waals surface area (Å²) in [6.45, 7) is 2.78. The Morgan fingerprint density at radius 3 is 2.18 bits per heavy atom. The molecule has 0 aromatic heterocycles. The molecule has 0 aliphatic rings. The smallest absolute Gasteiger partial charge is 0.169 e. The van der Waals surface area contributed by atoms with Crippen LogP contribution in [0.15, 0.2) is 48.5 Å². The summed E-state index contributed by atoms with van der Waals surface area (Å²) in [4.78, 5) is 1.92. The van der Waals surface area contributed by atoms with Gasteiger partial charge in [0, 0.05) is 6.54 Å². The van der Waals surface area contributed by atoms with E-state index in [1.54, 1.807) is 0 Å². The van der Waals surface area contributed by atoms with E-state index in [1.165, 1.54) is 0 Å². The van der Waals surface area contributed by atoms with E-state index in [9.17, 15) is 5.11 Å². The van der Waals surface area contributed by atoms with Gasteiger partial charge in [0.1, 0.15) is 18.5 Å². The molecule has 0 fully saturated rings. The molecule has 2 aromatic rings. The summed E-state index contributed by atoms with van der Waals surface area (Å²) < 4.78 is 11.6. The average Bonchev–Trinajstić information content (AvgIpc) is 2.48. The standard InChI is InChI=1S/C18H23NO3/c1-14-8-4-5-9-16(14)22-18-11-7-6-10-17(18)21-13-15(20)12-19(2)3/h4-11,15,20H,12-13H2,1-3H3. The van der Waals surface area contributed by atoms with Crippen LogP contribution < -0.4 is 9.47 Å². The van der Waals surface area contributed by atoms with Gasteiger partial charge in [-0.2, -0.15) is 0 Å². The fraction of sp³-hybridized carbons (Fsp3) is 0.333. The lowest BCUT2D eigenvalue weighted by atomic mass is 10.2. The SMILES string of the molecule is Cc1ccccc1Oc1ccccc1OCC(O)CN(C)C. The van der Waals surface area contributed by atoms with E-state index in [0.29, 0.717) is 18.0 Å². The van der Waals surface area contributed by atoms with Crippen LogP contribution in [-0.2, 0) is 0 Å². The van der Waals surface area contributed by atoms with Crippen LogP contribution in [0, 0.1) is 6.92 Å². The van der Waals surface area contributed by atoms with Gasteiger partial charge in [0.15, 0.2) is 11.5 Å². The Balaban J connectivity index is 2.05. The molecule has 2 aromatic carbocycles. The first kappa shape index (κ1) is 16.3. The molecule has 1 N–H and O–H groups in total. The van der Waals surface area contributed by atoms with Crippen LogP contribution in [0.25, 0.3) is 0 Å². The number of benzene rings is 2. The van der Waals surface area contributed by atoms with Gasteiger partial charge in [-0.15, -0.1) is 0 Å². The van der Waals surface area contributed by atoms with Crippen molar-refractivity contribution in [1.82, 2.24) is 4.90 Å². The average molecular weight is 301 g/mol. The zero-order valence-corrected chi connectivity index (χ0v) is 13.3. The molecule has 0 saturated heterocycles. The Hall–Kier alpha value is -2.04. The van der Waals surface area contributed by atoms with Gasteiger partial charge in [-0.25, -0.2) is 0 Å². The molecule has 0 amide bonds. The van der Waals surface area contributed by atoms with Gasteiger partial charge in [-0.05, 0) is 44.8 Å². The van der Waals surface area contributed by atoms with Crippen LogP contribution in [0.3, 0.4) is 0 Å². The second-order valence-corrected chi connectivity index (χ2v) is 5.54. The van der Waals surface area contributed by atoms with Crippen LogP contribution in [0.5, 0.6) is 17.2 Å². The van der Waals surface area contributed by atoms with Crippen LogP contribution >= 0.6 is 0 Å². The Morgan fingerprint density at radius 1 is 0.955 bits per heavy atom. The third-order valence-electron chi connectivity index (χ3n) is 3.17. The summed E-state index contributed by atoms with van der Waals surface area (Å²) in [7, 11) is 3.83. The van der Waals surface area contributed by atoms with Crippen molar-refractivity contribution in [2.75, 3.05) is 27.2 Å². The molecular weight excluding hydrogens is 278 g/mol. The highest BCUT2D eigenvalue weighted by atomic mass is 16.5. The first-order valence-electron chi connectivity index (χ1n) is 7.34. The number of nitrogens with zero attached hydrogens (tertiary/aromatic N) is 1. The molecule has 4 heteroatoms. The molecule has 4 nitrogen and oxygen atoms in total. The van der Waals surface area contributed by atoms with E-state index in [4.69, 9.17) is 9.47 Å². The van der Waals surface area contributed by atoms with Gasteiger partial charge < -0.3 is 19.5 Å². The topological polar surface area (TPSA) is 41.9 Å². The number of aryl methyl sites for hydroxylation is 1. The van der Waals surface area contributed by atoms with E-state index in [1.807, 2.05) is 74.4 Å². The van der Waals surface area contributed by atoms with Crippen LogP contribution in [0.2, 0.25) is 0 Å². The molecular formula is C18H23NO3. The largest absolute Gasteiger partial charge is 0.487 e. The van der Waals surface area contributed by atoms with Gasteiger partial charge in [0.2, 0.25) is 0 Å². The van der Waals surface area contributed by atoms with Gasteiger partial charge in [-0.1, -0.05) is 30.3 Å². The summed E-state index contributed by atoms with van der Waals surface area (Å²) in [5, 5.41) is 9.90. The van der Waals surface area contributed by atoms with Crippen LogP contribution in [0.1, 0.15) is 5.56 Å². The van der Waals surface area contributed by atoms with Gasteiger partial charge in [-0.3, -0.25) is 0 Å². The fourth-order valence-corrected chi connectivity index (χ4v) is 2.10. The highest BCUT2D eigenvalue weighted by molar-refractivity contribution is 5.44. The number of hydrogen-bond acceptors (Lipinski definition) is 4. The summed E-state index contributed by atoms with van der Waals surface area (Å²) >= 11 is 0. The molecule has 0 saturated carbocycles. The molecule has 0 radical (unpaired) electrons. The first-order valence-corrected chi connectivity index (χ1v) is 7.34. The summed E-state index contributed by atoms with van der Waals surface area (Å²) in [6, 6.07) is 15.3. The second kappa shape index (κ2) is 7.82. The van der Waals surface area contributed by atoms with Crippen molar-refractivity contribution in [3.05, 3.63) is 54.1 Å². The molecule has 0 heterocycles. The van der Waals surface area contributed by atoms with Crippen LogP contribution in [0.4, 0.5) is 0 Å². The van der Waals surface area contributed by atoms with E-state index in [-0.39, 0.29) is 6.61 Å². The Kier molecular flexibility index (Phi) is 5.81. The van der Waals surface area contributed by atoms with Crippen molar-refractivity contribution in [2.45, 2.75) is 13.0 Å². The van der Waals surface area contributed by atoms with Crippen molar-refractivity contribution in [2.24, 2.45) is 0 Å². The number of aliphatic hydroxyl groups is 1. The van der Waals surface area contributed by atoms with E-state index in [0.717, 1.165) is 11.3 Å². The monoisotopic (exact) mass is 301 g/mol. The minimum Gasteiger partial charge on any atom is -0.487 e. The highest BCUT2D eigenvalue weighted by Crippen LogP contribution is 2.32. The predicted molar refractivity (Wildman–Crippen MR) is 87.8 cm³/mol. The van der Waals surface area contributed by atoms with Crippen molar-refractivity contribution in [1.29, 1.82) is 0 Å². The number of ether oxygens (including phenoxy) is 2. The third kappa shape index (κ3) is 4.76. The van der Waals surface area contributed by atoms with E-state index < -0.39 is 6.10 Å². The molecule has 0 aliphatic heterocycles. The normalized spacial score (nSPS) is 12.2. The minimum absolute atomic E-state index is 0.228. The maximum Gasteiger partial charge on any atom is 0.169 e. The molecule has 0 spiro atoms. The number of para-hydroxylation sites is 3. The van der Waals surface area contributed by atoms with Crippen molar-refractivity contribution in [3.8, 4) is 17.2 Å². The van der Waals surface area contributed by atoms with Crippen molar-refractivity contribution in [3.63, 3.8) is 0 Å². The van der Waals surface area contributed by atoms with Gasteiger partial charge >= 0.3 is 0 Å². The lowest BCUT2D eigenvalue weighted by Gasteiger charge is -2.18. The summed E-state index contributed by atoms with van der Waals surface area (Å²) in [6.07, 6.45) is -0.540. The Bertz CT molecular complexity index is 598. The number of likely N-dealkylation sites (N-methyl/N-ethyl adjacent to an activating group) is 1. The van der Waals surface area contributed by atoms with Gasteiger partial charge in [0.25, 0.3) is 0 Å². The number of aliphatic hydroxyl groups excluding tert-OH is 1. The summed E-state index contributed by atoms with van der Waals surface area (Å²) in [5.74, 6) is 2.07. The maximum absolute atomic E-state index is 9.90. The van der Waals surface area contributed by atoms with E-state index >= 15 is 0 Å². The maximum atomic E-state index is 9.90. The predicted octanol–water partition coefficient (Wildman–Crippen LogP) is 3.09. The first-order chi connectivity index (χ1) is 10.6. The second-order valence-electron chi connectivity index (χ2n) is 5.54. The fourth-order valence-electron chi connectivity index (χ4n) is 2.10. The molecule has 0 bridgehead atoms. The van der Waals surface area contributed by atoms with Crippen molar-refractivity contribution >= 4 is 0 Å². The quantitative estimate of drug-likeness (QED) is 0.853. The van der Waals surface area contributed by atoms with Gasteiger partial charge in [0.05, 0.1) is 0 Å². The Morgan fingerprint density at radius 2 is 1.55 bits per heavy atom. The minimum atomic E-state index is -0.540. The third-order valence-corrected chi connectivity index (χ3v) is 3.17. The molecule has 1 atom stereocenters. The number of rotatable bonds is 7. The zero-order chi connectivity index (χ0) is 15.9. The molecule has 0 aliphatic carbocycles. The molecule has 1 unspecified atom stereocenters. The number of hydrogen-bond donors (Lipinski definition) is 1. The highest BCUT2D eigenvalue weighted by Gasteiger charge is 2.10.